The van der Waals surface area contributed by atoms with Gasteiger partial charge in [0.1, 0.15) is 0 Å². The molecule has 9 rings (SSSR count). The van der Waals surface area contributed by atoms with Crippen molar-refractivity contribution in [2.24, 2.45) is 0 Å². The fraction of sp³-hybridized carbons (Fsp3) is 0. The van der Waals surface area contributed by atoms with Crippen molar-refractivity contribution in [1.82, 2.24) is 4.57 Å². The van der Waals surface area contributed by atoms with E-state index in [2.05, 4.69) is 137 Å². The van der Waals surface area contributed by atoms with E-state index in [-0.39, 0.29) is 0 Å². The van der Waals surface area contributed by atoms with E-state index in [0.717, 1.165) is 44.1 Å². The number of hydrogen-bond acceptors (Lipinski definition) is 1. The molecule has 3 heteroatoms. The molecule has 0 bridgehead atoms. The Labute approximate surface area is 284 Å². The summed E-state index contributed by atoms with van der Waals surface area (Å²) in [6, 6.07) is 59.1. The fourth-order valence-electron chi connectivity index (χ4n) is 7.61. The number of benzene rings is 8. The maximum Gasteiger partial charge on any atom is 0.214 e. The molecular weight excluding hydrogens is 595 g/mol. The molecule has 226 valence electrons. The van der Waals surface area contributed by atoms with Crippen molar-refractivity contribution in [2.75, 3.05) is 0 Å². The van der Waals surface area contributed by atoms with Crippen molar-refractivity contribution in [3.8, 4) is 45.1 Å². The molecule has 49 heavy (non-hydrogen) atoms. The summed E-state index contributed by atoms with van der Waals surface area (Å²) in [5, 5.41) is 17.6. The first-order valence-corrected chi connectivity index (χ1v) is 16.3. The van der Waals surface area contributed by atoms with E-state index in [4.69, 9.17) is 6.57 Å². The third kappa shape index (κ3) is 4.35. The molecule has 0 amide bonds. The van der Waals surface area contributed by atoms with Gasteiger partial charge in [-0.2, -0.15) is 5.26 Å². The Morgan fingerprint density at radius 2 is 0.939 bits per heavy atom. The Morgan fingerprint density at radius 1 is 0.469 bits per heavy atom. The highest BCUT2D eigenvalue weighted by Gasteiger charge is 2.21. The zero-order chi connectivity index (χ0) is 32.9. The molecule has 0 saturated heterocycles. The normalized spacial score (nSPS) is 11.2. The number of aromatic nitrogens is 1. The Morgan fingerprint density at radius 3 is 1.49 bits per heavy atom. The van der Waals surface area contributed by atoms with E-state index in [9.17, 15) is 5.26 Å². The number of hydrogen-bond donors (Lipinski definition) is 0. The molecule has 1 aromatic heterocycles. The van der Waals surface area contributed by atoms with Crippen LogP contribution in [0.1, 0.15) is 5.56 Å². The third-order valence-electron chi connectivity index (χ3n) is 9.66. The van der Waals surface area contributed by atoms with Crippen molar-refractivity contribution in [3.05, 3.63) is 181 Å². The van der Waals surface area contributed by atoms with Gasteiger partial charge in [-0.25, -0.2) is 4.85 Å². The van der Waals surface area contributed by atoms with Crippen LogP contribution in [0, 0.1) is 17.9 Å². The molecule has 0 atom stereocenters. The van der Waals surface area contributed by atoms with Crippen molar-refractivity contribution in [3.63, 3.8) is 0 Å². The Bertz CT molecular complexity index is 2740. The molecule has 0 aliphatic carbocycles. The molecule has 0 saturated carbocycles. The van der Waals surface area contributed by atoms with Crippen LogP contribution in [-0.2, 0) is 0 Å². The van der Waals surface area contributed by atoms with Crippen LogP contribution < -0.4 is 0 Å². The Hall–Kier alpha value is -6.94. The maximum atomic E-state index is 10.6. The van der Waals surface area contributed by atoms with Crippen molar-refractivity contribution in [1.29, 1.82) is 5.26 Å². The molecule has 0 radical (unpaired) electrons. The van der Waals surface area contributed by atoms with Gasteiger partial charge in [0.15, 0.2) is 0 Å². The molecule has 0 spiro atoms. The lowest BCUT2D eigenvalue weighted by Gasteiger charge is -2.18. The zero-order valence-electron chi connectivity index (χ0n) is 26.4. The van der Waals surface area contributed by atoms with Gasteiger partial charge in [-0.1, -0.05) is 140 Å². The minimum Gasteiger partial charge on any atom is -0.309 e. The molecule has 0 fully saturated rings. The van der Waals surface area contributed by atoms with Crippen molar-refractivity contribution >= 4 is 49.0 Å². The van der Waals surface area contributed by atoms with Gasteiger partial charge in [0.2, 0.25) is 5.69 Å². The second-order valence-corrected chi connectivity index (χ2v) is 12.2. The number of nitriles is 1. The quantitative estimate of drug-likeness (QED) is 0.142. The molecule has 0 N–H and O–H groups in total. The highest BCUT2D eigenvalue weighted by Crippen LogP contribution is 2.45. The van der Waals surface area contributed by atoms with E-state index in [0.29, 0.717) is 16.9 Å². The van der Waals surface area contributed by atoms with Gasteiger partial charge in [-0.05, 0) is 79.2 Å². The van der Waals surface area contributed by atoms with Crippen LogP contribution in [0.5, 0.6) is 0 Å². The minimum atomic E-state index is 0.355. The molecular formula is C46H27N3. The first kappa shape index (κ1) is 28.3. The monoisotopic (exact) mass is 621 g/mol. The number of rotatable bonds is 4. The summed E-state index contributed by atoms with van der Waals surface area (Å²) in [5.74, 6) is 0. The van der Waals surface area contributed by atoms with E-state index in [1.54, 1.807) is 0 Å². The topological polar surface area (TPSA) is 33.1 Å². The van der Waals surface area contributed by atoms with Gasteiger partial charge in [0, 0.05) is 10.8 Å². The Kier molecular flexibility index (Phi) is 6.58. The summed E-state index contributed by atoms with van der Waals surface area (Å²) in [7, 11) is 0. The van der Waals surface area contributed by atoms with Gasteiger partial charge >= 0.3 is 0 Å². The summed E-state index contributed by atoms with van der Waals surface area (Å²) in [6.07, 6.45) is 0. The Balaban J connectivity index is 1.27. The molecule has 9 aromatic rings. The average molecular weight is 622 g/mol. The third-order valence-corrected chi connectivity index (χ3v) is 9.66. The van der Waals surface area contributed by atoms with Gasteiger partial charge in [-0.15, -0.1) is 0 Å². The smallest absolute Gasteiger partial charge is 0.214 e. The summed E-state index contributed by atoms with van der Waals surface area (Å²) in [6.45, 7) is 8.33. The number of nitrogens with zero attached hydrogens (tertiary/aromatic N) is 3. The van der Waals surface area contributed by atoms with E-state index >= 15 is 0 Å². The number of para-hydroxylation sites is 2. The van der Waals surface area contributed by atoms with E-state index in [1.807, 2.05) is 42.5 Å². The molecule has 0 aliphatic rings. The van der Waals surface area contributed by atoms with Crippen LogP contribution in [-0.4, -0.2) is 4.57 Å². The lowest BCUT2D eigenvalue weighted by atomic mass is 9.85. The highest BCUT2D eigenvalue weighted by molar-refractivity contribution is 6.21. The first-order chi connectivity index (χ1) is 24.3. The molecule has 0 unspecified atom stereocenters. The predicted octanol–water partition coefficient (Wildman–Crippen LogP) is 12.5. The van der Waals surface area contributed by atoms with Crippen LogP contribution >= 0.6 is 0 Å². The first-order valence-electron chi connectivity index (χ1n) is 16.3. The molecule has 8 aromatic carbocycles. The summed E-state index contributed by atoms with van der Waals surface area (Å²) in [5.41, 5.74) is 9.70. The van der Waals surface area contributed by atoms with E-state index < -0.39 is 0 Å². The van der Waals surface area contributed by atoms with Crippen LogP contribution in [0.3, 0.4) is 0 Å². The minimum absolute atomic E-state index is 0.355. The second-order valence-electron chi connectivity index (χ2n) is 12.2. The maximum absolute atomic E-state index is 10.6. The molecule has 0 aliphatic heterocycles. The summed E-state index contributed by atoms with van der Waals surface area (Å²) >= 11 is 0. The largest absolute Gasteiger partial charge is 0.309 e. The average Bonchev–Trinajstić information content (AvgIpc) is 3.50. The molecule has 1 heterocycles. The lowest BCUT2D eigenvalue weighted by Crippen LogP contribution is -1.98. The second kappa shape index (κ2) is 11.4. The van der Waals surface area contributed by atoms with Gasteiger partial charge in [0.05, 0.1) is 34.9 Å². The van der Waals surface area contributed by atoms with Crippen molar-refractivity contribution in [2.45, 2.75) is 0 Å². The summed E-state index contributed by atoms with van der Waals surface area (Å²) in [4.78, 5) is 4.01. The predicted molar refractivity (Wildman–Crippen MR) is 203 cm³/mol. The molecule has 3 nitrogen and oxygen atoms in total. The van der Waals surface area contributed by atoms with Crippen LogP contribution in [0.25, 0.3) is 87.3 Å². The van der Waals surface area contributed by atoms with Crippen molar-refractivity contribution < 1.29 is 0 Å². The summed E-state index contributed by atoms with van der Waals surface area (Å²) < 4.78 is 2.12. The lowest BCUT2D eigenvalue weighted by molar-refractivity contribution is 1.17. The van der Waals surface area contributed by atoms with Gasteiger partial charge in [-0.3, -0.25) is 0 Å². The fourth-order valence-corrected chi connectivity index (χ4v) is 7.61. The van der Waals surface area contributed by atoms with Gasteiger partial charge in [0.25, 0.3) is 0 Å². The van der Waals surface area contributed by atoms with Gasteiger partial charge < -0.3 is 4.57 Å². The van der Waals surface area contributed by atoms with Crippen LogP contribution in [0.4, 0.5) is 5.69 Å². The van der Waals surface area contributed by atoms with E-state index in [1.165, 1.54) is 32.7 Å². The number of fused-ring (bicyclic) bond motifs is 5. The van der Waals surface area contributed by atoms with Crippen LogP contribution in [0.15, 0.2) is 164 Å². The SMILES string of the molecule is [C-]#[N+]c1c(-c2cccc(-c3c4ccccc4c(-c4ccccc4)c4ccccc34)c2)ccc(-n2c3ccccc3c3ccccc32)c1C#N. The standard InChI is InChI=1S/C46H27N3/c1-48-46-33(26-27-43(40(46)29-47)49-41-24-11-9-18-34(41)35-19-10-12-25-42(35)49)31-16-13-17-32(28-31)45-38-22-7-5-20-36(38)44(30-14-3-2-4-15-30)37-21-6-8-23-39(37)45/h2-28H. The highest BCUT2D eigenvalue weighted by atomic mass is 15.0. The zero-order valence-corrected chi connectivity index (χ0v) is 26.4. The van der Waals surface area contributed by atoms with Crippen LogP contribution in [0.2, 0.25) is 0 Å².